The summed E-state index contributed by atoms with van der Waals surface area (Å²) in [6.45, 7) is 3.72. The molecule has 15 heavy (non-hydrogen) atoms. The van der Waals surface area contributed by atoms with Crippen molar-refractivity contribution in [2.24, 2.45) is 0 Å². The molecule has 0 N–H and O–H groups in total. The molecule has 0 heterocycles. The van der Waals surface area contributed by atoms with Crippen LogP contribution in [-0.4, -0.2) is 14.2 Å². The lowest BCUT2D eigenvalue weighted by Gasteiger charge is -2.14. The largest absolute Gasteiger partial charge is 0.493 e. The molecular formula is C12H15ClO2. The molecule has 0 bridgehead atoms. The average molecular weight is 227 g/mol. The van der Waals surface area contributed by atoms with E-state index in [-0.39, 0.29) is 0 Å². The quantitative estimate of drug-likeness (QED) is 0.567. The van der Waals surface area contributed by atoms with Gasteiger partial charge in [0.2, 0.25) is 0 Å². The van der Waals surface area contributed by atoms with Crippen molar-refractivity contribution in [2.75, 3.05) is 14.2 Å². The molecule has 0 amide bonds. The normalized spacial score (nSPS) is 9.80. The zero-order valence-electron chi connectivity index (χ0n) is 9.05. The first-order chi connectivity index (χ1) is 7.28. The fourth-order valence-corrected chi connectivity index (χ4v) is 1.78. The van der Waals surface area contributed by atoms with Crippen LogP contribution < -0.4 is 9.47 Å². The van der Waals surface area contributed by atoms with E-state index in [4.69, 9.17) is 21.1 Å². The van der Waals surface area contributed by atoms with Crippen molar-refractivity contribution in [3.8, 4) is 11.5 Å². The van der Waals surface area contributed by atoms with Crippen LogP contribution in [0.15, 0.2) is 24.8 Å². The molecule has 0 fully saturated rings. The molecule has 0 unspecified atom stereocenters. The second kappa shape index (κ2) is 5.66. The van der Waals surface area contributed by atoms with E-state index in [1.54, 1.807) is 14.2 Å². The van der Waals surface area contributed by atoms with Gasteiger partial charge in [-0.1, -0.05) is 12.1 Å². The van der Waals surface area contributed by atoms with E-state index >= 15 is 0 Å². The maximum atomic E-state index is 5.86. The number of benzene rings is 1. The Morgan fingerprint density at radius 1 is 1.33 bits per heavy atom. The molecule has 0 aliphatic carbocycles. The maximum Gasteiger partial charge on any atom is 0.164 e. The highest BCUT2D eigenvalue weighted by Gasteiger charge is 2.12. The first kappa shape index (κ1) is 11.9. The van der Waals surface area contributed by atoms with E-state index in [1.165, 1.54) is 0 Å². The summed E-state index contributed by atoms with van der Waals surface area (Å²) < 4.78 is 10.6. The van der Waals surface area contributed by atoms with Crippen molar-refractivity contribution in [1.82, 2.24) is 0 Å². The molecule has 3 heteroatoms. The predicted octanol–water partition coefficient (Wildman–Crippen LogP) is 3.17. The minimum absolute atomic E-state index is 0.462. The lowest BCUT2D eigenvalue weighted by atomic mass is 10.0. The number of allylic oxidation sites excluding steroid dienone is 1. The van der Waals surface area contributed by atoms with Gasteiger partial charge in [0, 0.05) is 11.4 Å². The average Bonchev–Trinajstić information content (AvgIpc) is 2.28. The molecule has 0 atom stereocenters. The van der Waals surface area contributed by atoms with Crippen molar-refractivity contribution >= 4 is 11.6 Å². The van der Waals surface area contributed by atoms with Crippen LogP contribution in [0.4, 0.5) is 0 Å². The number of rotatable bonds is 5. The molecule has 0 saturated carbocycles. The third kappa shape index (κ3) is 2.45. The molecule has 0 aromatic heterocycles. The smallest absolute Gasteiger partial charge is 0.164 e. The number of hydrogen-bond acceptors (Lipinski definition) is 2. The van der Waals surface area contributed by atoms with E-state index in [0.717, 1.165) is 29.0 Å². The highest BCUT2D eigenvalue weighted by molar-refractivity contribution is 6.17. The molecule has 0 radical (unpaired) electrons. The SMILES string of the molecule is C=CCc1c(CCl)ccc(OC)c1OC. The van der Waals surface area contributed by atoms with E-state index < -0.39 is 0 Å². The van der Waals surface area contributed by atoms with Crippen molar-refractivity contribution < 1.29 is 9.47 Å². The first-order valence-corrected chi connectivity index (χ1v) is 5.21. The lowest BCUT2D eigenvalue weighted by Crippen LogP contribution is -1.99. The second-order valence-corrected chi connectivity index (χ2v) is 3.33. The van der Waals surface area contributed by atoms with Gasteiger partial charge in [-0.3, -0.25) is 0 Å². The third-order valence-electron chi connectivity index (χ3n) is 2.24. The second-order valence-electron chi connectivity index (χ2n) is 3.07. The van der Waals surface area contributed by atoms with E-state index in [9.17, 15) is 0 Å². The van der Waals surface area contributed by atoms with Crippen LogP contribution in [-0.2, 0) is 12.3 Å². The fraction of sp³-hybridized carbons (Fsp3) is 0.333. The van der Waals surface area contributed by atoms with Gasteiger partial charge in [-0.25, -0.2) is 0 Å². The van der Waals surface area contributed by atoms with Crippen molar-refractivity contribution in [2.45, 2.75) is 12.3 Å². The van der Waals surface area contributed by atoms with Crippen LogP contribution in [0.5, 0.6) is 11.5 Å². The molecule has 82 valence electrons. The standard InChI is InChI=1S/C12H15ClO2/c1-4-5-10-9(8-13)6-7-11(14-2)12(10)15-3/h4,6-7H,1,5,8H2,2-3H3. The number of alkyl halides is 1. The molecule has 2 nitrogen and oxygen atoms in total. The van der Waals surface area contributed by atoms with Gasteiger partial charge in [0.1, 0.15) is 0 Å². The molecule has 1 aromatic carbocycles. The Morgan fingerprint density at radius 2 is 2.07 bits per heavy atom. The van der Waals surface area contributed by atoms with Gasteiger partial charge < -0.3 is 9.47 Å². The summed E-state index contributed by atoms with van der Waals surface area (Å²) in [6, 6.07) is 3.82. The monoisotopic (exact) mass is 226 g/mol. The minimum Gasteiger partial charge on any atom is -0.493 e. The van der Waals surface area contributed by atoms with Gasteiger partial charge in [0.15, 0.2) is 11.5 Å². The summed E-state index contributed by atoms with van der Waals surface area (Å²) in [5, 5.41) is 0. The molecule has 1 rings (SSSR count). The minimum atomic E-state index is 0.462. The van der Waals surface area contributed by atoms with E-state index in [2.05, 4.69) is 6.58 Å². The summed E-state index contributed by atoms with van der Waals surface area (Å²) in [5.74, 6) is 1.93. The Labute approximate surface area is 95.5 Å². The van der Waals surface area contributed by atoms with E-state index in [1.807, 2.05) is 18.2 Å². The van der Waals surface area contributed by atoms with Gasteiger partial charge in [-0.2, -0.15) is 0 Å². The van der Waals surface area contributed by atoms with Crippen LogP contribution in [0.1, 0.15) is 11.1 Å². The molecule has 0 spiro atoms. The van der Waals surface area contributed by atoms with Crippen LogP contribution in [0.25, 0.3) is 0 Å². The number of methoxy groups -OCH3 is 2. The van der Waals surface area contributed by atoms with Crippen molar-refractivity contribution in [3.05, 3.63) is 35.9 Å². The van der Waals surface area contributed by atoms with Gasteiger partial charge in [0.05, 0.1) is 14.2 Å². The maximum absolute atomic E-state index is 5.86. The van der Waals surface area contributed by atoms with Gasteiger partial charge in [0.25, 0.3) is 0 Å². The van der Waals surface area contributed by atoms with Crippen LogP contribution in [0.2, 0.25) is 0 Å². The summed E-state index contributed by atoms with van der Waals surface area (Å²) in [4.78, 5) is 0. The Hall–Kier alpha value is -1.15. The highest BCUT2D eigenvalue weighted by atomic mass is 35.5. The van der Waals surface area contributed by atoms with Crippen molar-refractivity contribution in [1.29, 1.82) is 0 Å². The predicted molar refractivity (Wildman–Crippen MR) is 63.0 cm³/mol. The Morgan fingerprint density at radius 3 is 2.53 bits per heavy atom. The number of halogens is 1. The lowest BCUT2D eigenvalue weighted by molar-refractivity contribution is 0.352. The zero-order valence-corrected chi connectivity index (χ0v) is 9.80. The molecule has 0 aliphatic heterocycles. The highest BCUT2D eigenvalue weighted by Crippen LogP contribution is 2.34. The summed E-state index contributed by atoms with van der Waals surface area (Å²) in [6.07, 6.45) is 2.55. The topological polar surface area (TPSA) is 18.5 Å². The Kier molecular flexibility index (Phi) is 4.50. The van der Waals surface area contributed by atoms with Crippen LogP contribution in [0.3, 0.4) is 0 Å². The summed E-state index contributed by atoms with van der Waals surface area (Å²) in [5.41, 5.74) is 2.09. The van der Waals surface area contributed by atoms with Gasteiger partial charge >= 0.3 is 0 Å². The Bertz CT molecular complexity index is 348. The summed E-state index contributed by atoms with van der Waals surface area (Å²) >= 11 is 5.86. The van der Waals surface area contributed by atoms with Gasteiger partial charge in [-0.15, -0.1) is 18.2 Å². The summed E-state index contributed by atoms with van der Waals surface area (Å²) in [7, 11) is 3.25. The Balaban J connectivity index is 3.29. The number of ether oxygens (including phenoxy) is 2. The molecular weight excluding hydrogens is 212 g/mol. The van der Waals surface area contributed by atoms with Crippen LogP contribution in [0, 0.1) is 0 Å². The fourth-order valence-electron chi connectivity index (χ4n) is 1.52. The van der Waals surface area contributed by atoms with Crippen LogP contribution >= 0.6 is 11.6 Å². The molecule has 1 aromatic rings. The van der Waals surface area contributed by atoms with E-state index in [0.29, 0.717) is 5.88 Å². The molecule has 0 aliphatic rings. The third-order valence-corrected chi connectivity index (χ3v) is 2.53. The first-order valence-electron chi connectivity index (χ1n) is 4.68. The van der Waals surface area contributed by atoms with Gasteiger partial charge in [-0.05, 0) is 18.1 Å². The molecule has 0 saturated heterocycles. The van der Waals surface area contributed by atoms with Crippen molar-refractivity contribution in [3.63, 3.8) is 0 Å². The zero-order chi connectivity index (χ0) is 11.3. The number of hydrogen-bond donors (Lipinski definition) is 0.